The van der Waals surface area contributed by atoms with Gasteiger partial charge in [-0.3, -0.25) is 19.2 Å². The van der Waals surface area contributed by atoms with Crippen LogP contribution in [-0.4, -0.2) is 39.7 Å². The molecule has 7 rings (SSSR count). The Balaban J connectivity index is 1.33. The Labute approximate surface area is 212 Å². The quantitative estimate of drug-likeness (QED) is 0.382. The molecule has 0 atom stereocenters. The lowest BCUT2D eigenvalue weighted by molar-refractivity contribution is 0.00212. The average Bonchev–Trinajstić information content (AvgIpc) is 2.93. The summed E-state index contributed by atoms with van der Waals surface area (Å²) in [5.74, 6) is -2.76. The standard InChI is InChI=1S/C30H23N3O4/c34-27-20-12-4-7-17-8-5-13-21(25(17)20)28(35)32(27)33-29(36)22-14-6-11-19-24(31-18-9-2-1-3-10-18)16-15-23(26(19)22)30(33)37/h4-8,11-16,18,31H,1-3,9-10H2. The van der Waals surface area contributed by atoms with Gasteiger partial charge in [0.15, 0.2) is 0 Å². The fourth-order valence-electron chi connectivity index (χ4n) is 6.06. The van der Waals surface area contributed by atoms with Gasteiger partial charge in [-0.1, -0.05) is 55.7 Å². The van der Waals surface area contributed by atoms with Crippen molar-refractivity contribution in [2.45, 2.75) is 38.1 Å². The van der Waals surface area contributed by atoms with E-state index in [-0.39, 0.29) is 22.3 Å². The topological polar surface area (TPSA) is 86.8 Å². The molecule has 4 aromatic rings. The average molecular weight is 490 g/mol. The van der Waals surface area contributed by atoms with Crippen molar-refractivity contribution in [1.29, 1.82) is 0 Å². The zero-order valence-corrected chi connectivity index (χ0v) is 20.0. The summed E-state index contributed by atoms with van der Waals surface area (Å²) in [5, 5.41) is 7.65. The van der Waals surface area contributed by atoms with E-state index in [0.29, 0.717) is 26.8 Å². The number of imide groups is 2. The minimum absolute atomic E-state index is 0.282. The van der Waals surface area contributed by atoms with Crippen molar-refractivity contribution in [2.75, 3.05) is 5.32 Å². The number of hydrazine groups is 1. The van der Waals surface area contributed by atoms with Gasteiger partial charge in [0, 0.05) is 27.9 Å². The largest absolute Gasteiger partial charge is 0.382 e. The number of hydrogen-bond donors (Lipinski definition) is 1. The van der Waals surface area contributed by atoms with Gasteiger partial charge in [0.2, 0.25) is 0 Å². The second-order valence-electron chi connectivity index (χ2n) is 9.92. The summed E-state index contributed by atoms with van der Waals surface area (Å²) in [5.41, 5.74) is 2.02. The van der Waals surface area contributed by atoms with E-state index in [0.717, 1.165) is 29.3 Å². The smallest absolute Gasteiger partial charge is 0.281 e. The lowest BCUT2D eigenvalue weighted by atomic mass is 9.91. The number of carbonyl (C=O) groups excluding carboxylic acids is 4. The van der Waals surface area contributed by atoms with Crippen molar-refractivity contribution < 1.29 is 19.2 Å². The summed E-state index contributed by atoms with van der Waals surface area (Å²) < 4.78 is 0. The van der Waals surface area contributed by atoms with Gasteiger partial charge in [0.05, 0.1) is 22.3 Å². The third-order valence-corrected chi connectivity index (χ3v) is 7.80. The molecule has 7 nitrogen and oxygen atoms in total. The van der Waals surface area contributed by atoms with Crippen molar-refractivity contribution in [3.8, 4) is 0 Å². The molecule has 0 saturated heterocycles. The van der Waals surface area contributed by atoms with E-state index >= 15 is 0 Å². The molecule has 182 valence electrons. The van der Waals surface area contributed by atoms with Gasteiger partial charge in [-0.15, -0.1) is 0 Å². The molecule has 7 heteroatoms. The maximum absolute atomic E-state index is 13.8. The van der Waals surface area contributed by atoms with E-state index in [9.17, 15) is 19.2 Å². The summed E-state index contributed by atoms with van der Waals surface area (Å²) in [6.07, 6.45) is 5.77. The molecule has 37 heavy (non-hydrogen) atoms. The Hall–Kier alpha value is -4.52. The molecule has 1 N–H and O–H groups in total. The van der Waals surface area contributed by atoms with Crippen LogP contribution >= 0.6 is 0 Å². The summed E-state index contributed by atoms with van der Waals surface area (Å²) in [4.78, 5) is 54.8. The van der Waals surface area contributed by atoms with Crippen molar-refractivity contribution in [3.63, 3.8) is 0 Å². The highest BCUT2D eigenvalue weighted by Gasteiger charge is 2.45. The fourth-order valence-corrected chi connectivity index (χ4v) is 6.06. The normalized spacial score (nSPS) is 17.7. The third-order valence-electron chi connectivity index (χ3n) is 7.80. The molecule has 1 aliphatic carbocycles. The molecule has 4 aromatic carbocycles. The number of anilines is 1. The number of carbonyl (C=O) groups is 4. The van der Waals surface area contributed by atoms with Crippen molar-refractivity contribution in [2.24, 2.45) is 0 Å². The number of benzene rings is 4. The second kappa shape index (κ2) is 8.00. The number of hydrogen-bond acceptors (Lipinski definition) is 5. The number of amides is 4. The van der Waals surface area contributed by atoms with Crippen LogP contribution in [0, 0.1) is 0 Å². The molecule has 0 aromatic heterocycles. The molecule has 1 fully saturated rings. The van der Waals surface area contributed by atoms with Crippen molar-refractivity contribution >= 4 is 50.9 Å². The molecular weight excluding hydrogens is 466 g/mol. The first kappa shape index (κ1) is 21.7. The summed E-state index contributed by atoms with van der Waals surface area (Å²) in [7, 11) is 0. The Morgan fingerprint density at radius 3 is 1.68 bits per heavy atom. The van der Waals surface area contributed by atoms with Crippen LogP contribution in [0.4, 0.5) is 5.69 Å². The van der Waals surface area contributed by atoms with E-state index in [1.54, 1.807) is 42.5 Å². The van der Waals surface area contributed by atoms with E-state index in [1.165, 1.54) is 19.3 Å². The number of nitrogens with zero attached hydrogens (tertiary/aromatic N) is 2. The highest BCUT2D eigenvalue weighted by molar-refractivity contribution is 6.31. The predicted octanol–water partition coefficient (Wildman–Crippen LogP) is 5.54. The molecule has 0 bridgehead atoms. The first-order valence-corrected chi connectivity index (χ1v) is 12.7. The van der Waals surface area contributed by atoms with Gasteiger partial charge >= 0.3 is 0 Å². The Kier molecular flexibility index (Phi) is 4.70. The van der Waals surface area contributed by atoms with Gasteiger partial charge in [-0.2, -0.15) is 10.0 Å². The highest BCUT2D eigenvalue weighted by atomic mass is 16.2. The fraction of sp³-hybridized carbons (Fsp3) is 0.200. The Morgan fingerprint density at radius 1 is 0.568 bits per heavy atom. The highest BCUT2D eigenvalue weighted by Crippen LogP contribution is 2.38. The summed E-state index contributed by atoms with van der Waals surface area (Å²) in [6.45, 7) is 0. The molecule has 0 unspecified atom stereocenters. The summed E-state index contributed by atoms with van der Waals surface area (Å²) in [6, 6.07) is 19.5. The van der Waals surface area contributed by atoms with E-state index in [4.69, 9.17) is 0 Å². The lowest BCUT2D eigenvalue weighted by Crippen LogP contribution is -2.58. The van der Waals surface area contributed by atoms with Crippen LogP contribution < -0.4 is 5.32 Å². The van der Waals surface area contributed by atoms with Crippen LogP contribution in [0.25, 0.3) is 21.5 Å². The van der Waals surface area contributed by atoms with Crippen molar-refractivity contribution in [1.82, 2.24) is 10.0 Å². The molecule has 4 amide bonds. The first-order chi connectivity index (χ1) is 18.0. The maximum atomic E-state index is 13.8. The van der Waals surface area contributed by atoms with E-state index < -0.39 is 23.6 Å². The SMILES string of the molecule is O=C1c2cccc3cccc(c23)C(=O)N1N1C(=O)c2cccc3c(NC4CCCCC4)ccc(c23)C1=O. The molecule has 0 spiro atoms. The second-order valence-corrected chi connectivity index (χ2v) is 9.92. The van der Waals surface area contributed by atoms with Gasteiger partial charge in [0.25, 0.3) is 23.6 Å². The zero-order valence-electron chi connectivity index (χ0n) is 20.0. The van der Waals surface area contributed by atoms with Crippen LogP contribution in [0.1, 0.15) is 73.5 Å². The van der Waals surface area contributed by atoms with Crippen LogP contribution in [0.15, 0.2) is 66.7 Å². The zero-order chi connectivity index (χ0) is 25.3. The van der Waals surface area contributed by atoms with Gasteiger partial charge in [-0.25, -0.2) is 0 Å². The number of nitrogens with one attached hydrogen (secondary N) is 1. The molecule has 2 aliphatic heterocycles. The van der Waals surface area contributed by atoms with Crippen LogP contribution in [0.5, 0.6) is 0 Å². The van der Waals surface area contributed by atoms with Gasteiger partial charge in [0.1, 0.15) is 0 Å². The molecule has 0 radical (unpaired) electrons. The maximum Gasteiger partial charge on any atom is 0.281 e. The minimum Gasteiger partial charge on any atom is -0.382 e. The van der Waals surface area contributed by atoms with Crippen LogP contribution in [0.2, 0.25) is 0 Å². The Bertz CT molecular complexity index is 1610. The summed E-state index contributed by atoms with van der Waals surface area (Å²) >= 11 is 0. The van der Waals surface area contributed by atoms with E-state index in [1.807, 2.05) is 24.3 Å². The minimum atomic E-state index is -0.692. The predicted molar refractivity (Wildman–Crippen MR) is 139 cm³/mol. The monoisotopic (exact) mass is 489 g/mol. The van der Waals surface area contributed by atoms with E-state index in [2.05, 4.69) is 5.32 Å². The lowest BCUT2D eigenvalue weighted by Gasteiger charge is -2.37. The molecular formula is C30H23N3O4. The molecule has 3 aliphatic rings. The Morgan fingerprint density at radius 2 is 1.08 bits per heavy atom. The van der Waals surface area contributed by atoms with Crippen LogP contribution in [0.3, 0.4) is 0 Å². The molecule has 2 heterocycles. The van der Waals surface area contributed by atoms with Gasteiger partial charge in [-0.05, 0) is 48.6 Å². The van der Waals surface area contributed by atoms with Crippen molar-refractivity contribution in [3.05, 3.63) is 89.0 Å². The number of rotatable bonds is 3. The molecule has 1 saturated carbocycles. The van der Waals surface area contributed by atoms with Gasteiger partial charge < -0.3 is 5.32 Å². The first-order valence-electron chi connectivity index (χ1n) is 12.7. The van der Waals surface area contributed by atoms with Crippen LogP contribution in [-0.2, 0) is 0 Å². The third kappa shape index (κ3) is 3.06.